The quantitative estimate of drug-likeness (QED) is 0.405. The second-order valence-electron chi connectivity index (χ2n) is 8.11. The number of aliphatic imine (C=N–C) groups is 1. The number of rotatable bonds is 10. The molecule has 2 atom stereocenters. The minimum atomic E-state index is -1.19. The van der Waals surface area contributed by atoms with E-state index in [4.69, 9.17) is 4.74 Å². The van der Waals surface area contributed by atoms with Crippen molar-refractivity contribution in [1.82, 2.24) is 9.80 Å². The van der Waals surface area contributed by atoms with Crippen LogP contribution in [0, 0.1) is 16.0 Å². The van der Waals surface area contributed by atoms with Crippen molar-refractivity contribution in [2.75, 3.05) is 26.7 Å². The lowest BCUT2D eigenvalue weighted by atomic mass is 9.86. The molecule has 0 aromatic heterocycles. The van der Waals surface area contributed by atoms with Crippen LogP contribution in [-0.4, -0.2) is 70.2 Å². The summed E-state index contributed by atoms with van der Waals surface area (Å²) >= 11 is 0. The number of likely N-dealkylation sites (N-methyl/N-ethyl adjacent to an activating group) is 1. The Balaban J connectivity index is 1.71. The fraction of sp³-hybridized carbons (Fsp3) is 0.333. The lowest BCUT2D eigenvalue weighted by molar-refractivity contribution is -0.385. The highest BCUT2D eigenvalue weighted by Gasteiger charge is 2.42. The maximum Gasteiger partial charge on any atom is 0.344 e. The van der Waals surface area contributed by atoms with Crippen molar-refractivity contribution in [2.24, 2.45) is 10.9 Å². The van der Waals surface area contributed by atoms with Crippen molar-refractivity contribution in [1.29, 1.82) is 0 Å². The molecule has 2 aromatic rings. The van der Waals surface area contributed by atoms with Gasteiger partial charge in [0.15, 0.2) is 6.61 Å². The van der Waals surface area contributed by atoms with Crippen molar-refractivity contribution in [2.45, 2.75) is 19.4 Å². The monoisotopic (exact) mass is 482 g/mol. The number of carbonyl (C=O) groups excluding carboxylic acids is 2. The van der Waals surface area contributed by atoms with Crippen LogP contribution in [0.4, 0.5) is 10.5 Å². The van der Waals surface area contributed by atoms with Gasteiger partial charge in [0, 0.05) is 38.0 Å². The Bertz CT molecular complexity index is 1140. The maximum absolute atomic E-state index is 12.8. The summed E-state index contributed by atoms with van der Waals surface area (Å²) in [6, 6.07) is 12.9. The summed E-state index contributed by atoms with van der Waals surface area (Å²) in [5, 5.41) is 21.1. The van der Waals surface area contributed by atoms with Gasteiger partial charge in [0.2, 0.25) is 0 Å². The molecular weight excluding hydrogens is 456 g/mol. The highest BCUT2D eigenvalue weighted by Crippen LogP contribution is 2.35. The second-order valence-corrected chi connectivity index (χ2v) is 8.11. The first-order valence-corrected chi connectivity index (χ1v) is 10.9. The molecule has 3 rings (SSSR count). The van der Waals surface area contributed by atoms with Crippen molar-refractivity contribution in [3.8, 4) is 5.75 Å². The summed E-state index contributed by atoms with van der Waals surface area (Å²) in [4.78, 5) is 54.5. The largest absolute Gasteiger partial charge is 0.484 e. The van der Waals surface area contributed by atoms with Gasteiger partial charge >= 0.3 is 12.0 Å². The first-order valence-electron chi connectivity index (χ1n) is 10.9. The number of carboxylic acid groups (broad SMARTS) is 1. The number of carbonyl (C=O) groups is 3. The predicted molar refractivity (Wildman–Crippen MR) is 126 cm³/mol. The molecule has 0 saturated heterocycles. The number of carboxylic acids is 1. The molecule has 0 aliphatic carbocycles. The molecule has 0 bridgehead atoms. The smallest absolute Gasteiger partial charge is 0.344 e. The number of urea groups is 1. The van der Waals surface area contributed by atoms with Crippen LogP contribution in [0.2, 0.25) is 0 Å². The van der Waals surface area contributed by atoms with Crippen molar-refractivity contribution >= 4 is 29.3 Å². The lowest BCUT2D eigenvalue weighted by Crippen LogP contribution is -2.47. The van der Waals surface area contributed by atoms with E-state index < -0.39 is 28.9 Å². The van der Waals surface area contributed by atoms with Gasteiger partial charge in [-0.2, -0.15) is 0 Å². The van der Waals surface area contributed by atoms with Crippen LogP contribution >= 0.6 is 0 Å². The molecule has 11 nitrogen and oxygen atoms in total. The summed E-state index contributed by atoms with van der Waals surface area (Å²) in [6.45, 7) is 1.69. The number of aliphatic carboxylic acids is 1. The number of nitro benzene ring substituents is 1. The lowest BCUT2D eigenvalue weighted by Gasteiger charge is -2.38. The minimum absolute atomic E-state index is 0.101. The zero-order valence-corrected chi connectivity index (χ0v) is 19.4. The molecule has 0 spiro atoms. The number of nitro groups is 1. The van der Waals surface area contributed by atoms with Crippen molar-refractivity contribution in [3.63, 3.8) is 0 Å². The molecule has 1 N–H and O–H groups in total. The molecule has 1 aliphatic rings. The number of hydrogen-bond donors (Lipinski definition) is 1. The SMILES string of the molecule is CC1=NC(=O)N(CCCN(C)C(=O)COc2ccccc2)C(c2cccc([N+](=O)[O-])c2)C1C(=O)O. The third-order valence-electron chi connectivity index (χ3n) is 5.73. The first-order chi connectivity index (χ1) is 16.7. The van der Waals surface area contributed by atoms with Crippen LogP contribution in [0.5, 0.6) is 5.75 Å². The highest BCUT2D eigenvalue weighted by atomic mass is 16.6. The average Bonchev–Trinajstić information content (AvgIpc) is 2.83. The Kier molecular flexibility index (Phi) is 8.13. The molecule has 35 heavy (non-hydrogen) atoms. The Labute approximate surface area is 201 Å². The van der Waals surface area contributed by atoms with Gasteiger partial charge in [-0.05, 0) is 31.0 Å². The fourth-order valence-electron chi connectivity index (χ4n) is 3.93. The van der Waals surface area contributed by atoms with E-state index in [1.54, 1.807) is 37.4 Å². The van der Waals surface area contributed by atoms with Crippen molar-refractivity contribution < 1.29 is 29.2 Å². The van der Waals surface area contributed by atoms with Gasteiger partial charge in [-0.3, -0.25) is 19.7 Å². The van der Waals surface area contributed by atoms with Crippen LogP contribution in [0.15, 0.2) is 59.6 Å². The molecule has 2 aromatic carbocycles. The molecule has 3 amide bonds. The molecule has 1 aliphatic heterocycles. The molecule has 0 fully saturated rings. The highest BCUT2D eigenvalue weighted by molar-refractivity contribution is 6.07. The van der Waals surface area contributed by atoms with Gasteiger partial charge in [-0.25, -0.2) is 9.79 Å². The first kappa shape index (κ1) is 25.3. The fourth-order valence-corrected chi connectivity index (χ4v) is 3.93. The van der Waals surface area contributed by atoms with Gasteiger partial charge in [0.25, 0.3) is 11.6 Å². The molecule has 184 valence electrons. The topological polar surface area (TPSA) is 143 Å². The molecular formula is C24H26N4O7. The zero-order valence-electron chi connectivity index (χ0n) is 19.4. The van der Waals surface area contributed by atoms with Crippen LogP contribution in [0.25, 0.3) is 0 Å². The van der Waals surface area contributed by atoms with Crippen LogP contribution in [0.1, 0.15) is 24.9 Å². The number of benzene rings is 2. The van der Waals surface area contributed by atoms with Crippen molar-refractivity contribution in [3.05, 3.63) is 70.3 Å². The van der Waals surface area contributed by atoms with Gasteiger partial charge in [0.1, 0.15) is 11.7 Å². The van der Waals surface area contributed by atoms with E-state index in [0.29, 0.717) is 17.7 Å². The van der Waals surface area contributed by atoms with Gasteiger partial charge in [-0.15, -0.1) is 0 Å². The van der Waals surface area contributed by atoms with E-state index >= 15 is 0 Å². The molecule has 1 heterocycles. The number of non-ortho nitro benzene ring substituents is 1. The summed E-state index contributed by atoms with van der Waals surface area (Å²) in [7, 11) is 1.61. The van der Waals surface area contributed by atoms with Gasteiger partial charge < -0.3 is 19.6 Å². The van der Waals surface area contributed by atoms with Crippen LogP contribution in [-0.2, 0) is 9.59 Å². The third-order valence-corrected chi connectivity index (χ3v) is 5.73. The summed E-state index contributed by atoms with van der Waals surface area (Å²) in [6.07, 6.45) is 0.339. The Morgan fingerprint density at radius 2 is 1.91 bits per heavy atom. The number of hydrogen-bond acceptors (Lipinski definition) is 6. The van der Waals surface area contributed by atoms with E-state index in [-0.39, 0.29) is 37.0 Å². The number of ether oxygens (including phenoxy) is 1. The molecule has 11 heteroatoms. The number of amides is 3. The van der Waals surface area contributed by atoms with E-state index in [1.165, 1.54) is 34.9 Å². The average molecular weight is 482 g/mol. The van der Waals surface area contributed by atoms with E-state index in [9.17, 15) is 29.6 Å². The minimum Gasteiger partial charge on any atom is -0.484 e. The Morgan fingerprint density at radius 1 is 1.20 bits per heavy atom. The van der Waals surface area contributed by atoms with E-state index in [1.807, 2.05) is 6.07 Å². The van der Waals surface area contributed by atoms with Gasteiger partial charge in [0.05, 0.1) is 11.0 Å². The van der Waals surface area contributed by atoms with E-state index in [0.717, 1.165) is 0 Å². The zero-order chi connectivity index (χ0) is 25.5. The number of para-hydroxylation sites is 1. The maximum atomic E-state index is 12.8. The predicted octanol–water partition coefficient (Wildman–Crippen LogP) is 3.16. The Hall–Kier alpha value is -4.28. The molecule has 2 unspecified atom stereocenters. The molecule has 0 saturated carbocycles. The normalized spacial score (nSPS) is 17.5. The standard InChI is InChI=1S/C24H26N4O7/c1-16-21(23(30)31)22(17-8-6-9-18(14-17)28(33)34)27(24(32)25-16)13-7-12-26(2)20(29)15-35-19-10-4-3-5-11-19/h3-6,8-11,14,21-22H,7,12-13,15H2,1-2H3,(H,30,31). The Morgan fingerprint density at radius 3 is 2.57 bits per heavy atom. The van der Waals surface area contributed by atoms with Crippen LogP contribution in [0.3, 0.4) is 0 Å². The van der Waals surface area contributed by atoms with Gasteiger partial charge in [-0.1, -0.05) is 30.3 Å². The van der Waals surface area contributed by atoms with E-state index in [2.05, 4.69) is 4.99 Å². The second kappa shape index (κ2) is 11.2. The number of nitrogens with zero attached hydrogens (tertiary/aromatic N) is 4. The van der Waals surface area contributed by atoms with Crippen LogP contribution < -0.4 is 4.74 Å². The summed E-state index contributed by atoms with van der Waals surface area (Å²) in [5.74, 6) is -2.04. The summed E-state index contributed by atoms with van der Waals surface area (Å²) < 4.78 is 5.47. The third kappa shape index (κ3) is 6.19. The molecule has 0 radical (unpaired) electrons. The summed E-state index contributed by atoms with van der Waals surface area (Å²) in [5.41, 5.74) is 0.249.